The van der Waals surface area contributed by atoms with Gasteiger partial charge < -0.3 is 9.80 Å². The van der Waals surface area contributed by atoms with Gasteiger partial charge in [0, 0.05) is 37.5 Å². The van der Waals surface area contributed by atoms with E-state index in [9.17, 15) is 0 Å². The molecule has 0 aliphatic carbocycles. The maximum absolute atomic E-state index is 4.64. The molecule has 2 aliphatic rings. The lowest BCUT2D eigenvalue weighted by atomic mass is 9.73. The van der Waals surface area contributed by atoms with Crippen LogP contribution in [0.4, 0.5) is 5.00 Å². The molecule has 1 atom stereocenters. The Morgan fingerprint density at radius 3 is 2.58 bits per heavy atom. The van der Waals surface area contributed by atoms with Gasteiger partial charge >= 0.3 is 0 Å². The Morgan fingerprint density at radius 2 is 2.05 bits per heavy atom. The van der Waals surface area contributed by atoms with Crippen LogP contribution in [0.25, 0.3) is 0 Å². The summed E-state index contributed by atoms with van der Waals surface area (Å²) >= 11 is 1.65. The zero-order valence-electron chi connectivity index (χ0n) is 12.1. The summed E-state index contributed by atoms with van der Waals surface area (Å²) in [6.45, 7) is 13.3. The zero-order valence-corrected chi connectivity index (χ0v) is 12.9. The largest absolute Gasteiger partial charge is 0.361 e. The van der Waals surface area contributed by atoms with Gasteiger partial charge in [0.25, 0.3) is 0 Å². The zero-order chi connectivity index (χ0) is 13.6. The summed E-state index contributed by atoms with van der Waals surface area (Å²) in [6, 6.07) is 2.27. The predicted molar refractivity (Wildman–Crippen MR) is 82.0 cm³/mol. The van der Waals surface area contributed by atoms with E-state index in [4.69, 9.17) is 0 Å². The topological polar surface area (TPSA) is 19.4 Å². The molecular formula is C15H23N3S. The lowest BCUT2D eigenvalue weighted by Crippen LogP contribution is -2.71. The summed E-state index contributed by atoms with van der Waals surface area (Å²) in [5, 5.41) is 1.34. The molecule has 2 fully saturated rings. The average Bonchev–Trinajstić information content (AvgIpc) is 2.70. The lowest BCUT2D eigenvalue weighted by Gasteiger charge is -2.59. The van der Waals surface area contributed by atoms with E-state index in [0.717, 1.165) is 0 Å². The molecule has 0 N–H and O–H groups in total. The van der Waals surface area contributed by atoms with E-state index < -0.39 is 0 Å². The van der Waals surface area contributed by atoms with E-state index in [2.05, 4.69) is 47.7 Å². The Bertz CT molecular complexity index is 465. The number of nitrogens with zero attached hydrogens (tertiary/aromatic N) is 3. The molecular weight excluding hydrogens is 254 g/mol. The molecule has 104 valence electrons. The minimum Gasteiger partial charge on any atom is -0.361 e. The summed E-state index contributed by atoms with van der Waals surface area (Å²) in [4.78, 5) is 4.89. The molecule has 2 aliphatic heterocycles. The molecule has 19 heavy (non-hydrogen) atoms. The summed E-state index contributed by atoms with van der Waals surface area (Å²) in [6.07, 6.45) is 2.03. The van der Waals surface area contributed by atoms with Crippen molar-refractivity contribution < 1.29 is 0 Å². The van der Waals surface area contributed by atoms with Crippen LogP contribution >= 0.6 is 11.5 Å². The van der Waals surface area contributed by atoms with Crippen LogP contribution in [0.15, 0.2) is 18.7 Å². The third-order valence-corrected chi connectivity index (χ3v) is 5.27. The van der Waals surface area contributed by atoms with Gasteiger partial charge in [-0.05, 0) is 30.6 Å². The molecule has 0 aromatic carbocycles. The maximum Gasteiger partial charge on any atom is 0.112 e. The van der Waals surface area contributed by atoms with Crippen LogP contribution in [-0.4, -0.2) is 42.5 Å². The highest BCUT2D eigenvalue weighted by atomic mass is 32.1. The first-order valence-corrected chi connectivity index (χ1v) is 7.83. The molecule has 0 radical (unpaired) electrons. The second-order valence-electron chi connectivity index (χ2n) is 6.62. The van der Waals surface area contributed by atoms with E-state index in [0.29, 0.717) is 17.3 Å². The molecule has 4 heteroatoms. The van der Waals surface area contributed by atoms with Crippen LogP contribution in [0, 0.1) is 11.3 Å². The Balaban J connectivity index is 1.65. The second kappa shape index (κ2) is 4.60. The monoisotopic (exact) mass is 277 g/mol. The van der Waals surface area contributed by atoms with Crippen molar-refractivity contribution in [2.75, 3.05) is 38.1 Å². The van der Waals surface area contributed by atoms with Crippen LogP contribution in [0.5, 0.6) is 0 Å². The quantitative estimate of drug-likeness (QED) is 0.789. The van der Waals surface area contributed by atoms with E-state index in [1.807, 2.05) is 6.08 Å². The minimum absolute atomic E-state index is 0.384. The van der Waals surface area contributed by atoms with Gasteiger partial charge in [-0.1, -0.05) is 19.9 Å². The van der Waals surface area contributed by atoms with Gasteiger partial charge in [0.15, 0.2) is 0 Å². The third kappa shape index (κ3) is 2.21. The number of aromatic nitrogens is 1. The van der Waals surface area contributed by atoms with Gasteiger partial charge in [-0.3, -0.25) is 0 Å². The van der Waals surface area contributed by atoms with Crippen molar-refractivity contribution >= 4 is 16.5 Å². The van der Waals surface area contributed by atoms with Gasteiger partial charge in [0.2, 0.25) is 0 Å². The summed E-state index contributed by atoms with van der Waals surface area (Å²) in [5.74, 6) is 0.950. The molecule has 1 aromatic rings. The van der Waals surface area contributed by atoms with Crippen molar-refractivity contribution in [3.8, 4) is 0 Å². The molecule has 0 bridgehead atoms. The molecule has 1 aromatic heterocycles. The Kier molecular flexibility index (Phi) is 3.18. The highest BCUT2D eigenvalue weighted by Crippen LogP contribution is 2.43. The van der Waals surface area contributed by atoms with Crippen LogP contribution in [0.2, 0.25) is 0 Å². The van der Waals surface area contributed by atoms with E-state index >= 15 is 0 Å². The molecule has 1 unspecified atom stereocenters. The highest BCUT2D eigenvalue weighted by molar-refractivity contribution is 7.10. The van der Waals surface area contributed by atoms with Crippen molar-refractivity contribution in [2.24, 2.45) is 11.3 Å². The van der Waals surface area contributed by atoms with Crippen molar-refractivity contribution in [1.82, 2.24) is 9.27 Å². The van der Waals surface area contributed by atoms with Crippen LogP contribution in [0.3, 0.4) is 0 Å². The smallest absolute Gasteiger partial charge is 0.112 e. The second-order valence-corrected chi connectivity index (χ2v) is 7.41. The van der Waals surface area contributed by atoms with E-state index in [1.54, 1.807) is 11.5 Å². The molecule has 3 heterocycles. The van der Waals surface area contributed by atoms with Crippen LogP contribution < -0.4 is 4.90 Å². The number of allylic oxidation sites excluding steroid dienone is 1. The molecule has 3 nitrogen and oxygen atoms in total. The number of hydrogen-bond donors (Lipinski definition) is 0. The first kappa shape index (κ1) is 13.1. The Labute approximate surface area is 120 Å². The number of anilines is 1. The first-order valence-electron chi connectivity index (χ1n) is 7.06. The third-order valence-electron chi connectivity index (χ3n) is 4.40. The van der Waals surface area contributed by atoms with Gasteiger partial charge in [-0.15, -0.1) is 6.58 Å². The lowest BCUT2D eigenvalue weighted by molar-refractivity contribution is -0.00204. The molecule has 0 saturated carbocycles. The number of rotatable bonds is 4. The predicted octanol–water partition coefficient (Wildman–Crippen LogP) is 2.82. The Morgan fingerprint density at radius 1 is 1.37 bits per heavy atom. The summed E-state index contributed by atoms with van der Waals surface area (Å²) in [5.41, 5.74) is 1.78. The van der Waals surface area contributed by atoms with Gasteiger partial charge in [0.05, 0.1) is 5.69 Å². The normalized spacial score (nSPS) is 23.3. The maximum atomic E-state index is 4.64. The fraction of sp³-hybridized carbons (Fsp3) is 0.667. The molecule has 2 saturated heterocycles. The van der Waals surface area contributed by atoms with E-state index in [1.165, 1.54) is 36.9 Å². The van der Waals surface area contributed by atoms with Crippen molar-refractivity contribution in [3.05, 3.63) is 24.4 Å². The van der Waals surface area contributed by atoms with Gasteiger partial charge in [0.1, 0.15) is 5.00 Å². The average molecular weight is 277 g/mol. The fourth-order valence-corrected chi connectivity index (χ4v) is 4.33. The SMILES string of the molecule is C=CC(c1cc(N2CC3(CN(C)C3)C2)sn1)C(C)C. The van der Waals surface area contributed by atoms with Crippen molar-refractivity contribution in [3.63, 3.8) is 0 Å². The highest BCUT2D eigenvalue weighted by Gasteiger charge is 2.50. The van der Waals surface area contributed by atoms with Crippen LogP contribution in [0.1, 0.15) is 25.5 Å². The van der Waals surface area contributed by atoms with Gasteiger partial charge in [-0.25, -0.2) is 0 Å². The molecule has 3 rings (SSSR count). The van der Waals surface area contributed by atoms with E-state index in [-0.39, 0.29) is 0 Å². The van der Waals surface area contributed by atoms with Crippen molar-refractivity contribution in [1.29, 1.82) is 0 Å². The van der Waals surface area contributed by atoms with Crippen molar-refractivity contribution in [2.45, 2.75) is 19.8 Å². The standard InChI is InChI=1S/C15H23N3S/c1-5-12(11(2)3)13-6-14(19-16-13)18-9-15(10-18)7-17(4)8-15/h5-6,11-12H,1,7-10H2,2-4H3. The first-order chi connectivity index (χ1) is 9.03. The Hall–Kier alpha value is -0.870. The summed E-state index contributed by atoms with van der Waals surface area (Å²) in [7, 11) is 2.20. The number of likely N-dealkylation sites (tertiary alicyclic amines) is 1. The molecule has 1 spiro atoms. The van der Waals surface area contributed by atoms with Gasteiger partial charge in [-0.2, -0.15) is 4.37 Å². The fourth-order valence-electron chi connectivity index (χ4n) is 3.54. The number of hydrogen-bond acceptors (Lipinski definition) is 4. The van der Waals surface area contributed by atoms with Crippen LogP contribution in [-0.2, 0) is 0 Å². The minimum atomic E-state index is 0.384. The molecule has 0 amide bonds. The summed E-state index contributed by atoms with van der Waals surface area (Å²) < 4.78 is 4.64.